The van der Waals surface area contributed by atoms with E-state index >= 15 is 0 Å². The number of nitrogens with zero attached hydrogens (tertiary/aromatic N) is 3. The minimum atomic E-state index is -0.698. The van der Waals surface area contributed by atoms with Gasteiger partial charge in [-0.05, 0) is 116 Å². The third kappa shape index (κ3) is 4.87. The monoisotopic (exact) mass is 817 g/mol. The van der Waals surface area contributed by atoms with E-state index < -0.39 is 5.41 Å². The van der Waals surface area contributed by atoms with Crippen LogP contribution in [0.3, 0.4) is 0 Å². The van der Waals surface area contributed by atoms with Gasteiger partial charge in [0.1, 0.15) is 6.07 Å². The van der Waals surface area contributed by atoms with Crippen molar-refractivity contribution < 1.29 is 4.42 Å². The lowest BCUT2D eigenvalue weighted by atomic mass is 9.64. The molecule has 0 N–H and O–H groups in total. The van der Waals surface area contributed by atoms with Gasteiger partial charge < -0.3 is 14.2 Å². The zero-order valence-electron chi connectivity index (χ0n) is 35.1. The summed E-state index contributed by atoms with van der Waals surface area (Å²) < 4.78 is 6.86. The van der Waals surface area contributed by atoms with Crippen LogP contribution in [0.25, 0.3) is 54.6 Å². The van der Waals surface area contributed by atoms with Crippen LogP contribution in [-0.2, 0) is 11.8 Å². The first kappa shape index (κ1) is 36.3. The molecule has 1 aliphatic heterocycles. The van der Waals surface area contributed by atoms with Crippen molar-refractivity contribution in [3.05, 3.63) is 240 Å². The Morgan fingerprint density at radius 2 is 1.11 bits per heavy atom. The molecule has 11 aromatic rings. The second kappa shape index (κ2) is 13.8. The van der Waals surface area contributed by atoms with Gasteiger partial charge in [-0.2, -0.15) is 5.26 Å². The Morgan fingerprint density at radius 3 is 1.84 bits per heavy atom. The lowest BCUT2D eigenvalue weighted by Crippen LogP contribution is -2.36. The van der Waals surface area contributed by atoms with Gasteiger partial charge in [0.2, 0.25) is 0 Å². The van der Waals surface area contributed by atoms with Gasteiger partial charge in [-0.25, -0.2) is 0 Å². The van der Waals surface area contributed by atoms with Crippen molar-refractivity contribution in [2.24, 2.45) is 0 Å². The SMILES string of the molecule is CCc1ccc(N(c2cc3c(c4ccccc24)-c2c(ccc4ccccc24)C32c3ccccc3N(c3ccccc3)c3ccccc32)c2cccc3c2oc2c(C#N)cccc23)cc1. The highest BCUT2D eigenvalue weighted by Crippen LogP contribution is 2.66. The second-order valence-electron chi connectivity index (χ2n) is 16.9. The van der Waals surface area contributed by atoms with Gasteiger partial charge in [0.05, 0.1) is 33.7 Å². The van der Waals surface area contributed by atoms with Crippen LogP contribution in [0.5, 0.6) is 0 Å². The van der Waals surface area contributed by atoms with E-state index in [0.717, 1.165) is 62.3 Å². The van der Waals surface area contributed by atoms with Crippen molar-refractivity contribution in [1.82, 2.24) is 0 Å². The molecule has 4 nitrogen and oxygen atoms in total. The number of furan rings is 1. The molecule has 64 heavy (non-hydrogen) atoms. The zero-order chi connectivity index (χ0) is 42.5. The van der Waals surface area contributed by atoms with Gasteiger partial charge in [-0.15, -0.1) is 0 Å². The summed E-state index contributed by atoms with van der Waals surface area (Å²) >= 11 is 0. The molecule has 300 valence electrons. The van der Waals surface area contributed by atoms with Crippen LogP contribution in [0.15, 0.2) is 211 Å². The summed E-state index contributed by atoms with van der Waals surface area (Å²) in [5.41, 5.74) is 16.3. The predicted molar refractivity (Wildman–Crippen MR) is 263 cm³/mol. The fourth-order valence-corrected chi connectivity index (χ4v) is 11.1. The maximum atomic E-state index is 10.2. The van der Waals surface area contributed by atoms with Gasteiger partial charge in [-0.3, -0.25) is 0 Å². The fraction of sp³-hybridized carbons (Fsp3) is 0.0500. The molecule has 10 aromatic carbocycles. The maximum absolute atomic E-state index is 10.2. The van der Waals surface area contributed by atoms with Crippen molar-refractivity contribution in [3.8, 4) is 17.2 Å². The summed E-state index contributed by atoms with van der Waals surface area (Å²) in [7, 11) is 0. The van der Waals surface area contributed by atoms with E-state index in [1.165, 1.54) is 55.1 Å². The molecule has 4 heteroatoms. The minimum absolute atomic E-state index is 0.521. The van der Waals surface area contributed by atoms with Crippen LogP contribution in [0, 0.1) is 11.3 Å². The van der Waals surface area contributed by atoms with Gasteiger partial charge in [0.15, 0.2) is 11.2 Å². The van der Waals surface area contributed by atoms with E-state index in [1.54, 1.807) is 0 Å². The molecule has 2 aliphatic rings. The van der Waals surface area contributed by atoms with Gasteiger partial charge in [-0.1, -0.05) is 159 Å². The summed E-state index contributed by atoms with van der Waals surface area (Å²) in [5, 5.41) is 16.9. The van der Waals surface area contributed by atoms with Crippen LogP contribution in [0.2, 0.25) is 0 Å². The molecule has 0 fully saturated rings. The van der Waals surface area contributed by atoms with Crippen LogP contribution in [-0.4, -0.2) is 0 Å². The van der Waals surface area contributed by atoms with Crippen LogP contribution >= 0.6 is 0 Å². The number of hydrogen-bond donors (Lipinski definition) is 0. The highest BCUT2D eigenvalue weighted by atomic mass is 16.3. The Kier molecular flexibility index (Phi) is 7.83. The van der Waals surface area contributed by atoms with Crippen molar-refractivity contribution in [2.75, 3.05) is 9.80 Å². The first-order valence-corrected chi connectivity index (χ1v) is 22.1. The largest absolute Gasteiger partial charge is 0.452 e. The number of hydrogen-bond acceptors (Lipinski definition) is 4. The van der Waals surface area contributed by atoms with Crippen molar-refractivity contribution in [1.29, 1.82) is 5.26 Å². The standard InChI is InChI=1S/C60H39N3O/c1-2-38-30-33-42(34-31-38)63(54-29-15-24-47-46-23-14-17-40(37-61)58(46)64-59(47)54)55-36-51-57(45-22-9-8-21-44(45)55)56-43-20-7-6-16-39(43)32-35-50(56)60(51)48-25-10-12-27-52(48)62(41-18-4-3-5-19-41)53-28-13-11-26-49(53)60/h3-36H,2H2,1H3. The molecule has 13 rings (SSSR count). The predicted octanol–water partition coefficient (Wildman–Crippen LogP) is 15.9. The normalized spacial score (nSPS) is 13.2. The Morgan fingerprint density at radius 1 is 0.500 bits per heavy atom. The van der Waals surface area contributed by atoms with E-state index in [-0.39, 0.29) is 0 Å². The van der Waals surface area contributed by atoms with Gasteiger partial charge in [0, 0.05) is 27.5 Å². The number of para-hydroxylation sites is 5. The smallest absolute Gasteiger partial charge is 0.159 e. The number of rotatable bonds is 5. The van der Waals surface area contributed by atoms with Crippen molar-refractivity contribution in [2.45, 2.75) is 18.8 Å². The highest BCUT2D eigenvalue weighted by molar-refractivity contribution is 6.18. The molecular formula is C60H39N3O. The van der Waals surface area contributed by atoms with Gasteiger partial charge >= 0.3 is 0 Å². The topological polar surface area (TPSA) is 43.4 Å². The van der Waals surface area contributed by atoms with Crippen LogP contribution < -0.4 is 9.80 Å². The number of fused-ring (bicyclic) bond motifs is 16. The molecule has 0 saturated carbocycles. The number of nitriles is 1. The maximum Gasteiger partial charge on any atom is 0.159 e. The quantitative estimate of drug-likeness (QED) is 0.174. The molecule has 2 heterocycles. The Hall–Kier alpha value is -8.39. The van der Waals surface area contributed by atoms with Crippen molar-refractivity contribution in [3.63, 3.8) is 0 Å². The van der Waals surface area contributed by atoms with E-state index in [1.807, 2.05) is 12.1 Å². The summed E-state index contributed by atoms with van der Waals surface area (Å²) in [6.45, 7) is 2.20. The Bertz CT molecular complexity index is 3700. The first-order valence-electron chi connectivity index (χ1n) is 22.1. The average molecular weight is 818 g/mol. The number of anilines is 6. The molecule has 1 spiro atoms. The second-order valence-corrected chi connectivity index (χ2v) is 16.9. The van der Waals surface area contributed by atoms with E-state index in [0.29, 0.717) is 11.1 Å². The molecule has 0 radical (unpaired) electrons. The number of aryl methyl sites for hydroxylation is 1. The summed E-state index contributed by atoms with van der Waals surface area (Å²) in [5.74, 6) is 0. The van der Waals surface area contributed by atoms with Crippen LogP contribution in [0.1, 0.15) is 40.3 Å². The summed E-state index contributed by atoms with van der Waals surface area (Å²) in [6, 6.07) is 77.4. The molecule has 1 aromatic heterocycles. The molecule has 0 saturated heterocycles. The Labute approximate surface area is 371 Å². The molecule has 0 bridgehead atoms. The highest BCUT2D eigenvalue weighted by Gasteiger charge is 2.53. The fourth-order valence-electron chi connectivity index (χ4n) is 11.1. The molecule has 1 aliphatic carbocycles. The van der Waals surface area contributed by atoms with E-state index in [9.17, 15) is 5.26 Å². The van der Waals surface area contributed by atoms with E-state index in [2.05, 4.69) is 217 Å². The lowest BCUT2D eigenvalue weighted by Gasteiger charge is -2.45. The molecular weight excluding hydrogens is 779 g/mol. The lowest BCUT2D eigenvalue weighted by molar-refractivity contribution is 0.668. The molecule has 0 atom stereocenters. The third-order valence-electron chi connectivity index (χ3n) is 13.8. The third-order valence-corrected chi connectivity index (χ3v) is 13.8. The Balaban J connectivity index is 1.20. The molecule has 0 amide bonds. The van der Waals surface area contributed by atoms with Crippen LogP contribution in [0.4, 0.5) is 34.1 Å². The zero-order valence-corrected chi connectivity index (χ0v) is 35.1. The molecule has 0 unspecified atom stereocenters. The van der Waals surface area contributed by atoms with E-state index in [4.69, 9.17) is 4.42 Å². The van der Waals surface area contributed by atoms with Crippen molar-refractivity contribution >= 4 is 77.6 Å². The summed E-state index contributed by atoms with van der Waals surface area (Å²) in [6.07, 6.45) is 0.936. The minimum Gasteiger partial charge on any atom is -0.452 e. The average Bonchev–Trinajstić information content (AvgIpc) is 3.90. The van der Waals surface area contributed by atoms with Gasteiger partial charge in [0.25, 0.3) is 0 Å². The first-order chi connectivity index (χ1) is 31.7. The summed E-state index contributed by atoms with van der Waals surface area (Å²) in [4.78, 5) is 4.83. The number of benzene rings is 10.